The van der Waals surface area contributed by atoms with Crippen molar-refractivity contribution in [3.63, 3.8) is 0 Å². The van der Waals surface area contributed by atoms with E-state index in [4.69, 9.17) is 4.74 Å². The van der Waals surface area contributed by atoms with Crippen LogP contribution in [0.4, 0.5) is 0 Å². The van der Waals surface area contributed by atoms with Gasteiger partial charge in [-0.1, -0.05) is 12.1 Å². The van der Waals surface area contributed by atoms with E-state index < -0.39 is 6.10 Å². The molecule has 4 nitrogen and oxygen atoms in total. The van der Waals surface area contributed by atoms with Crippen molar-refractivity contribution in [2.75, 3.05) is 21.2 Å². The molecule has 1 unspecified atom stereocenters. The fourth-order valence-electron chi connectivity index (χ4n) is 1.50. The van der Waals surface area contributed by atoms with E-state index in [1.165, 1.54) is 4.90 Å². The van der Waals surface area contributed by atoms with Crippen LogP contribution in [0.1, 0.15) is 24.5 Å². The Balaban J connectivity index is 2.57. The topological polar surface area (TPSA) is 49.8 Å². The van der Waals surface area contributed by atoms with Crippen molar-refractivity contribution in [3.05, 3.63) is 29.8 Å². The Labute approximate surface area is 102 Å². The molecule has 1 rings (SSSR count). The largest absolute Gasteiger partial charge is 0.497 e. The maximum Gasteiger partial charge on any atom is 0.222 e. The zero-order valence-corrected chi connectivity index (χ0v) is 10.5. The van der Waals surface area contributed by atoms with Gasteiger partial charge in [-0.15, -0.1) is 0 Å². The second-order valence-corrected chi connectivity index (χ2v) is 4.12. The summed E-state index contributed by atoms with van der Waals surface area (Å²) < 4.78 is 5.08. The van der Waals surface area contributed by atoms with E-state index in [0.29, 0.717) is 18.6 Å². The summed E-state index contributed by atoms with van der Waals surface area (Å²) in [6.45, 7) is 0. The van der Waals surface area contributed by atoms with Crippen LogP contribution in [0.15, 0.2) is 24.3 Å². The van der Waals surface area contributed by atoms with Crippen LogP contribution in [0.3, 0.4) is 0 Å². The quantitative estimate of drug-likeness (QED) is 0.846. The van der Waals surface area contributed by atoms with Crippen LogP contribution in [0.25, 0.3) is 0 Å². The van der Waals surface area contributed by atoms with E-state index in [2.05, 4.69) is 0 Å². The smallest absolute Gasteiger partial charge is 0.222 e. The van der Waals surface area contributed by atoms with E-state index in [1.807, 2.05) is 18.2 Å². The summed E-state index contributed by atoms with van der Waals surface area (Å²) >= 11 is 0. The number of nitrogens with zero attached hydrogens (tertiary/aromatic N) is 1. The van der Waals surface area contributed by atoms with Gasteiger partial charge in [0.2, 0.25) is 5.91 Å². The molecule has 1 aromatic rings. The number of hydrogen-bond acceptors (Lipinski definition) is 3. The molecule has 0 spiro atoms. The zero-order valence-electron chi connectivity index (χ0n) is 10.5. The third-order valence-electron chi connectivity index (χ3n) is 2.61. The van der Waals surface area contributed by atoms with Gasteiger partial charge in [0.15, 0.2) is 0 Å². The van der Waals surface area contributed by atoms with Crippen LogP contribution in [-0.4, -0.2) is 37.1 Å². The summed E-state index contributed by atoms with van der Waals surface area (Å²) in [6.07, 6.45) is 0.129. The van der Waals surface area contributed by atoms with Crippen LogP contribution in [-0.2, 0) is 4.79 Å². The number of benzene rings is 1. The molecule has 0 aliphatic carbocycles. The molecule has 1 aromatic carbocycles. The molecule has 1 N–H and O–H groups in total. The number of rotatable bonds is 5. The van der Waals surface area contributed by atoms with Crippen LogP contribution in [0.2, 0.25) is 0 Å². The van der Waals surface area contributed by atoms with E-state index in [1.54, 1.807) is 27.3 Å². The molecular formula is C13H19NO3. The maximum absolute atomic E-state index is 11.4. The number of methoxy groups -OCH3 is 1. The average molecular weight is 237 g/mol. The molecule has 0 fully saturated rings. The highest BCUT2D eigenvalue weighted by atomic mass is 16.5. The highest BCUT2D eigenvalue weighted by Crippen LogP contribution is 2.22. The van der Waals surface area contributed by atoms with E-state index in [0.717, 1.165) is 5.56 Å². The lowest BCUT2D eigenvalue weighted by molar-refractivity contribution is -0.129. The van der Waals surface area contributed by atoms with Gasteiger partial charge in [0.25, 0.3) is 0 Å². The Morgan fingerprint density at radius 1 is 1.47 bits per heavy atom. The molecule has 0 aliphatic heterocycles. The van der Waals surface area contributed by atoms with Gasteiger partial charge < -0.3 is 14.7 Å². The molecule has 0 saturated carbocycles. The van der Waals surface area contributed by atoms with Crippen LogP contribution in [0, 0.1) is 0 Å². The average Bonchev–Trinajstić information content (AvgIpc) is 2.35. The molecule has 1 atom stereocenters. The van der Waals surface area contributed by atoms with Gasteiger partial charge in [0, 0.05) is 20.5 Å². The molecule has 0 saturated heterocycles. The summed E-state index contributed by atoms with van der Waals surface area (Å²) in [4.78, 5) is 12.9. The first-order valence-corrected chi connectivity index (χ1v) is 5.56. The molecular weight excluding hydrogens is 218 g/mol. The van der Waals surface area contributed by atoms with Crippen LogP contribution in [0.5, 0.6) is 5.75 Å². The molecule has 0 radical (unpaired) electrons. The molecule has 94 valence electrons. The first-order chi connectivity index (χ1) is 8.04. The maximum atomic E-state index is 11.4. The number of carbonyl (C=O) groups excluding carboxylic acids is 1. The fourth-order valence-corrected chi connectivity index (χ4v) is 1.50. The van der Waals surface area contributed by atoms with Crippen molar-refractivity contribution in [1.29, 1.82) is 0 Å². The SMILES string of the molecule is COc1cccc(C(O)CCC(=O)N(C)C)c1. The van der Waals surface area contributed by atoms with Crippen molar-refractivity contribution < 1.29 is 14.6 Å². The number of amides is 1. The molecule has 4 heteroatoms. The molecule has 0 aromatic heterocycles. The van der Waals surface area contributed by atoms with Crippen molar-refractivity contribution in [2.45, 2.75) is 18.9 Å². The monoisotopic (exact) mass is 237 g/mol. The summed E-state index contributed by atoms with van der Waals surface area (Å²) in [5.74, 6) is 0.729. The van der Waals surface area contributed by atoms with E-state index >= 15 is 0 Å². The van der Waals surface area contributed by atoms with Crippen molar-refractivity contribution in [1.82, 2.24) is 4.90 Å². The van der Waals surface area contributed by atoms with Gasteiger partial charge in [-0.25, -0.2) is 0 Å². The summed E-state index contributed by atoms with van der Waals surface area (Å²) in [7, 11) is 5.00. The predicted octanol–water partition coefficient (Wildman–Crippen LogP) is 1.60. The minimum atomic E-state index is -0.631. The normalized spacial score (nSPS) is 12.0. The standard InChI is InChI=1S/C13H19NO3/c1-14(2)13(16)8-7-12(15)10-5-4-6-11(9-10)17-3/h4-6,9,12,15H,7-8H2,1-3H3. The number of aliphatic hydroxyl groups excluding tert-OH is 1. The van der Waals surface area contributed by atoms with Gasteiger partial charge in [0.05, 0.1) is 13.2 Å². The second kappa shape index (κ2) is 6.25. The van der Waals surface area contributed by atoms with Gasteiger partial charge >= 0.3 is 0 Å². The Kier molecular flexibility index (Phi) is 4.97. The van der Waals surface area contributed by atoms with E-state index in [-0.39, 0.29) is 5.91 Å². The zero-order chi connectivity index (χ0) is 12.8. The lowest BCUT2D eigenvalue weighted by atomic mass is 10.0. The third kappa shape index (κ3) is 4.07. The summed E-state index contributed by atoms with van der Waals surface area (Å²) in [5.41, 5.74) is 0.774. The Hall–Kier alpha value is -1.55. The minimum Gasteiger partial charge on any atom is -0.497 e. The van der Waals surface area contributed by atoms with Gasteiger partial charge in [-0.05, 0) is 24.1 Å². The van der Waals surface area contributed by atoms with E-state index in [9.17, 15) is 9.90 Å². The van der Waals surface area contributed by atoms with Crippen molar-refractivity contribution in [3.8, 4) is 5.75 Å². The Morgan fingerprint density at radius 3 is 2.76 bits per heavy atom. The van der Waals surface area contributed by atoms with Crippen molar-refractivity contribution >= 4 is 5.91 Å². The summed E-state index contributed by atoms with van der Waals surface area (Å²) in [5, 5.41) is 9.94. The number of carbonyl (C=O) groups is 1. The molecule has 0 aliphatic rings. The number of ether oxygens (including phenoxy) is 1. The number of hydrogen-bond donors (Lipinski definition) is 1. The third-order valence-corrected chi connectivity index (χ3v) is 2.61. The molecule has 0 heterocycles. The van der Waals surface area contributed by atoms with Crippen LogP contribution >= 0.6 is 0 Å². The lowest BCUT2D eigenvalue weighted by Crippen LogP contribution is -2.21. The molecule has 0 bridgehead atoms. The highest BCUT2D eigenvalue weighted by molar-refractivity contribution is 5.75. The Morgan fingerprint density at radius 2 is 2.18 bits per heavy atom. The first kappa shape index (κ1) is 13.5. The molecule has 17 heavy (non-hydrogen) atoms. The number of aliphatic hydroxyl groups is 1. The Bertz CT molecular complexity index is 377. The second-order valence-electron chi connectivity index (χ2n) is 4.12. The minimum absolute atomic E-state index is 0.0203. The predicted molar refractivity (Wildman–Crippen MR) is 65.9 cm³/mol. The summed E-state index contributed by atoms with van der Waals surface area (Å²) in [6, 6.07) is 7.25. The van der Waals surface area contributed by atoms with Gasteiger partial charge in [0.1, 0.15) is 5.75 Å². The van der Waals surface area contributed by atoms with Crippen molar-refractivity contribution in [2.24, 2.45) is 0 Å². The van der Waals surface area contributed by atoms with Crippen LogP contribution < -0.4 is 4.74 Å². The lowest BCUT2D eigenvalue weighted by Gasteiger charge is -2.14. The van der Waals surface area contributed by atoms with Gasteiger partial charge in [-0.3, -0.25) is 4.79 Å². The van der Waals surface area contributed by atoms with Gasteiger partial charge in [-0.2, -0.15) is 0 Å². The fraction of sp³-hybridized carbons (Fsp3) is 0.462. The molecule has 1 amide bonds. The first-order valence-electron chi connectivity index (χ1n) is 5.56. The highest BCUT2D eigenvalue weighted by Gasteiger charge is 2.12.